The summed E-state index contributed by atoms with van der Waals surface area (Å²) in [4.78, 5) is 12.8. The Morgan fingerprint density at radius 2 is 1.22 bits per heavy atom. The highest BCUT2D eigenvalue weighted by Crippen LogP contribution is 2.34. The van der Waals surface area contributed by atoms with Crippen molar-refractivity contribution in [2.24, 2.45) is 0 Å². The normalized spacial score (nSPS) is 10.6. The second-order valence-electron chi connectivity index (χ2n) is 6.15. The summed E-state index contributed by atoms with van der Waals surface area (Å²) in [5.74, 6) is 1.32. The third kappa shape index (κ3) is 3.40. The van der Waals surface area contributed by atoms with Crippen LogP contribution in [0.3, 0.4) is 0 Å². The van der Waals surface area contributed by atoms with E-state index in [4.69, 9.17) is 9.15 Å². The first-order chi connectivity index (χ1) is 13.3. The molecule has 132 valence electrons. The molecule has 0 aliphatic carbocycles. The maximum absolute atomic E-state index is 12.8. The van der Waals surface area contributed by atoms with Crippen LogP contribution in [0.2, 0.25) is 0 Å². The Balaban J connectivity index is 1.94. The van der Waals surface area contributed by atoms with Crippen LogP contribution in [-0.4, -0.2) is 7.11 Å². The van der Waals surface area contributed by atoms with Gasteiger partial charge in [0, 0.05) is 11.1 Å². The van der Waals surface area contributed by atoms with Gasteiger partial charge >= 0.3 is 5.63 Å². The Hall–Kier alpha value is -3.59. The number of methoxy groups -OCH3 is 1. The quantitative estimate of drug-likeness (QED) is 0.475. The van der Waals surface area contributed by atoms with Gasteiger partial charge < -0.3 is 9.15 Å². The van der Waals surface area contributed by atoms with Crippen molar-refractivity contribution in [2.75, 3.05) is 7.11 Å². The van der Waals surface area contributed by atoms with Crippen molar-refractivity contribution in [3.05, 3.63) is 101 Å². The lowest BCUT2D eigenvalue weighted by Crippen LogP contribution is -2.05. The first-order valence-electron chi connectivity index (χ1n) is 8.69. The van der Waals surface area contributed by atoms with Gasteiger partial charge in [0.05, 0.1) is 12.7 Å². The summed E-state index contributed by atoms with van der Waals surface area (Å²) in [6.45, 7) is 0. The van der Waals surface area contributed by atoms with Crippen LogP contribution in [0.25, 0.3) is 33.6 Å². The monoisotopic (exact) mass is 354 g/mol. The van der Waals surface area contributed by atoms with Gasteiger partial charge in [0.25, 0.3) is 0 Å². The van der Waals surface area contributed by atoms with E-state index in [-0.39, 0.29) is 5.63 Å². The minimum atomic E-state index is -0.362. The van der Waals surface area contributed by atoms with Gasteiger partial charge in [0.2, 0.25) is 0 Å². The average Bonchev–Trinajstić information content (AvgIpc) is 2.75. The molecule has 0 aliphatic heterocycles. The lowest BCUT2D eigenvalue weighted by atomic mass is 9.97. The molecule has 0 bridgehead atoms. The summed E-state index contributed by atoms with van der Waals surface area (Å²) >= 11 is 0. The highest BCUT2D eigenvalue weighted by atomic mass is 16.5. The summed E-state index contributed by atoms with van der Waals surface area (Å²) in [7, 11) is 1.62. The molecule has 4 rings (SSSR count). The summed E-state index contributed by atoms with van der Waals surface area (Å²) in [6.07, 6.45) is 0. The van der Waals surface area contributed by atoms with Crippen molar-refractivity contribution in [2.45, 2.75) is 0 Å². The zero-order valence-corrected chi connectivity index (χ0v) is 14.9. The Kier molecular flexibility index (Phi) is 4.58. The van der Waals surface area contributed by atoms with Gasteiger partial charge in [-0.15, -0.1) is 0 Å². The molecule has 3 nitrogen and oxygen atoms in total. The third-order valence-electron chi connectivity index (χ3n) is 4.47. The van der Waals surface area contributed by atoms with E-state index < -0.39 is 0 Å². The predicted octanol–water partition coefficient (Wildman–Crippen LogP) is 5.65. The molecule has 0 saturated heterocycles. The fraction of sp³-hybridized carbons (Fsp3) is 0.0417. The Morgan fingerprint density at radius 1 is 0.667 bits per heavy atom. The molecule has 1 aromatic heterocycles. The van der Waals surface area contributed by atoms with Crippen LogP contribution >= 0.6 is 0 Å². The molecule has 3 aromatic carbocycles. The van der Waals surface area contributed by atoms with E-state index in [0.29, 0.717) is 11.3 Å². The number of ether oxygens (including phenoxy) is 1. The van der Waals surface area contributed by atoms with Crippen molar-refractivity contribution in [3.63, 3.8) is 0 Å². The summed E-state index contributed by atoms with van der Waals surface area (Å²) in [6, 6.07) is 28.9. The number of rotatable bonds is 4. The van der Waals surface area contributed by atoms with E-state index in [1.165, 1.54) is 0 Å². The molecule has 1 heterocycles. The first kappa shape index (κ1) is 16.9. The van der Waals surface area contributed by atoms with Crippen LogP contribution in [0.1, 0.15) is 0 Å². The molecule has 0 unspecified atom stereocenters. The van der Waals surface area contributed by atoms with E-state index in [1.807, 2.05) is 91.0 Å². The van der Waals surface area contributed by atoms with Crippen LogP contribution < -0.4 is 10.4 Å². The zero-order valence-electron chi connectivity index (χ0n) is 14.9. The largest absolute Gasteiger partial charge is 0.497 e. The van der Waals surface area contributed by atoms with Gasteiger partial charge in [-0.25, -0.2) is 4.79 Å². The van der Waals surface area contributed by atoms with Crippen molar-refractivity contribution >= 4 is 0 Å². The smallest absolute Gasteiger partial charge is 0.344 e. The number of hydrogen-bond donors (Lipinski definition) is 0. The van der Waals surface area contributed by atoms with Crippen LogP contribution in [0.4, 0.5) is 0 Å². The summed E-state index contributed by atoms with van der Waals surface area (Å²) in [5.41, 5.74) is 3.70. The Bertz CT molecular complexity index is 1100. The zero-order chi connectivity index (χ0) is 18.6. The average molecular weight is 354 g/mol. The van der Waals surface area contributed by atoms with Crippen LogP contribution in [0.15, 0.2) is 100 Å². The molecular formula is C24H18O3. The molecule has 0 saturated carbocycles. The molecule has 0 amide bonds. The lowest BCUT2D eigenvalue weighted by molar-refractivity contribution is 0.415. The second-order valence-corrected chi connectivity index (χ2v) is 6.15. The van der Waals surface area contributed by atoms with Crippen molar-refractivity contribution in [1.29, 1.82) is 0 Å². The van der Waals surface area contributed by atoms with Crippen molar-refractivity contribution in [3.8, 4) is 39.3 Å². The van der Waals surface area contributed by atoms with E-state index in [0.717, 1.165) is 28.0 Å². The lowest BCUT2D eigenvalue weighted by Gasteiger charge is -2.11. The molecule has 0 aliphatic rings. The summed E-state index contributed by atoms with van der Waals surface area (Å²) < 4.78 is 11.0. The minimum Gasteiger partial charge on any atom is -0.497 e. The fourth-order valence-corrected chi connectivity index (χ4v) is 3.08. The highest BCUT2D eigenvalue weighted by molar-refractivity contribution is 5.82. The van der Waals surface area contributed by atoms with E-state index in [2.05, 4.69) is 0 Å². The predicted molar refractivity (Wildman–Crippen MR) is 108 cm³/mol. The number of hydrogen-bond acceptors (Lipinski definition) is 3. The van der Waals surface area contributed by atoms with E-state index >= 15 is 0 Å². The maximum atomic E-state index is 12.8. The van der Waals surface area contributed by atoms with Gasteiger partial charge in [-0.05, 0) is 29.3 Å². The SMILES string of the molecule is COc1ccc(-c2cc(-c3ccccc3)c(-c3ccccc3)oc2=O)cc1. The van der Waals surface area contributed by atoms with Crippen LogP contribution in [0, 0.1) is 0 Å². The molecule has 0 fully saturated rings. The standard InChI is InChI=1S/C24H18O3/c1-26-20-14-12-18(13-15-20)22-16-21(17-8-4-2-5-9-17)23(27-24(22)25)19-10-6-3-7-11-19/h2-16H,1H3. The Morgan fingerprint density at radius 3 is 1.81 bits per heavy atom. The van der Waals surface area contributed by atoms with E-state index in [9.17, 15) is 4.79 Å². The summed E-state index contributed by atoms with van der Waals surface area (Å²) in [5, 5.41) is 0. The molecule has 0 atom stereocenters. The first-order valence-corrected chi connectivity index (χ1v) is 8.69. The van der Waals surface area contributed by atoms with E-state index in [1.54, 1.807) is 7.11 Å². The molecule has 4 aromatic rings. The molecule has 0 N–H and O–H groups in total. The minimum absolute atomic E-state index is 0.362. The fourth-order valence-electron chi connectivity index (χ4n) is 3.08. The Labute approximate surface area is 157 Å². The topological polar surface area (TPSA) is 39.4 Å². The highest BCUT2D eigenvalue weighted by Gasteiger charge is 2.15. The van der Waals surface area contributed by atoms with Crippen LogP contribution in [0.5, 0.6) is 5.75 Å². The van der Waals surface area contributed by atoms with Gasteiger partial charge in [-0.1, -0.05) is 72.8 Å². The van der Waals surface area contributed by atoms with Gasteiger partial charge in [0.1, 0.15) is 11.5 Å². The van der Waals surface area contributed by atoms with Crippen molar-refractivity contribution < 1.29 is 9.15 Å². The molecular weight excluding hydrogens is 336 g/mol. The maximum Gasteiger partial charge on any atom is 0.344 e. The number of benzene rings is 3. The molecule has 27 heavy (non-hydrogen) atoms. The van der Waals surface area contributed by atoms with Crippen molar-refractivity contribution in [1.82, 2.24) is 0 Å². The van der Waals surface area contributed by atoms with Gasteiger partial charge in [-0.2, -0.15) is 0 Å². The molecule has 0 spiro atoms. The van der Waals surface area contributed by atoms with Gasteiger partial charge in [0.15, 0.2) is 0 Å². The molecule has 0 radical (unpaired) electrons. The third-order valence-corrected chi connectivity index (χ3v) is 4.47. The molecule has 3 heteroatoms. The second kappa shape index (κ2) is 7.34. The van der Waals surface area contributed by atoms with Gasteiger partial charge in [-0.3, -0.25) is 0 Å². The van der Waals surface area contributed by atoms with Crippen LogP contribution in [-0.2, 0) is 0 Å².